The van der Waals surface area contributed by atoms with Crippen molar-refractivity contribution in [3.8, 4) is 5.75 Å². The summed E-state index contributed by atoms with van der Waals surface area (Å²) in [4.78, 5) is 0. The molecular formula is C6H7BrNO2+. The zero-order chi connectivity index (χ0) is 7.56. The van der Waals surface area contributed by atoms with E-state index in [1.165, 1.54) is 6.20 Å². The first-order valence-electron chi connectivity index (χ1n) is 2.68. The predicted octanol–water partition coefficient (Wildman–Crippen LogP) is 0.982. The van der Waals surface area contributed by atoms with Gasteiger partial charge in [0.25, 0.3) is 0 Å². The molecule has 0 atom stereocenters. The molecule has 1 heterocycles. The van der Waals surface area contributed by atoms with Crippen LogP contribution in [0.25, 0.3) is 0 Å². The van der Waals surface area contributed by atoms with Crippen molar-refractivity contribution < 1.29 is 14.7 Å². The molecule has 0 amide bonds. The van der Waals surface area contributed by atoms with Crippen molar-refractivity contribution in [1.29, 1.82) is 0 Å². The Morgan fingerprint density at radius 3 is 2.90 bits per heavy atom. The molecule has 1 aromatic heterocycles. The van der Waals surface area contributed by atoms with E-state index >= 15 is 0 Å². The van der Waals surface area contributed by atoms with Crippen molar-refractivity contribution >= 4 is 15.9 Å². The maximum absolute atomic E-state index is 8.95. The van der Waals surface area contributed by atoms with Crippen molar-refractivity contribution in [2.45, 2.75) is 0 Å². The van der Waals surface area contributed by atoms with Gasteiger partial charge in [-0.05, 0) is 0 Å². The Bertz CT molecular complexity index is 239. The lowest BCUT2D eigenvalue weighted by Gasteiger charge is -1.94. The summed E-state index contributed by atoms with van der Waals surface area (Å²) >= 11 is 3.12. The minimum Gasteiger partial charge on any atom is -0.496 e. The second kappa shape index (κ2) is 2.88. The highest BCUT2D eigenvalue weighted by Gasteiger charge is 2.05. The van der Waals surface area contributed by atoms with Gasteiger partial charge >= 0.3 is 4.60 Å². The van der Waals surface area contributed by atoms with E-state index in [2.05, 4.69) is 15.9 Å². The Morgan fingerprint density at radius 2 is 2.40 bits per heavy atom. The van der Waals surface area contributed by atoms with Crippen LogP contribution in [0.3, 0.4) is 0 Å². The molecule has 0 radical (unpaired) electrons. The van der Waals surface area contributed by atoms with Gasteiger partial charge in [-0.3, -0.25) is 5.21 Å². The Labute approximate surface area is 67.0 Å². The van der Waals surface area contributed by atoms with Gasteiger partial charge in [-0.2, -0.15) is 0 Å². The zero-order valence-electron chi connectivity index (χ0n) is 5.41. The van der Waals surface area contributed by atoms with Crippen LogP contribution in [0.5, 0.6) is 5.75 Å². The van der Waals surface area contributed by atoms with Crippen molar-refractivity contribution in [3.05, 3.63) is 22.9 Å². The molecule has 0 saturated heterocycles. The second-order valence-corrected chi connectivity index (χ2v) is 2.55. The molecule has 0 aliphatic carbocycles. The summed E-state index contributed by atoms with van der Waals surface area (Å²) in [6, 6.07) is 3.32. The summed E-state index contributed by atoms with van der Waals surface area (Å²) in [7, 11) is 1.57. The summed E-state index contributed by atoms with van der Waals surface area (Å²) in [5, 5.41) is 8.95. The third kappa shape index (κ3) is 1.39. The maximum atomic E-state index is 8.95. The monoisotopic (exact) mass is 204 g/mol. The van der Waals surface area contributed by atoms with E-state index in [-0.39, 0.29) is 0 Å². The number of halogens is 1. The molecule has 1 aromatic rings. The first-order valence-corrected chi connectivity index (χ1v) is 3.48. The second-order valence-electron chi connectivity index (χ2n) is 1.73. The van der Waals surface area contributed by atoms with Gasteiger partial charge < -0.3 is 4.74 Å². The van der Waals surface area contributed by atoms with Crippen molar-refractivity contribution in [3.63, 3.8) is 0 Å². The first kappa shape index (κ1) is 7.34. The third-order valence-corrected chi connectivity index (χ3v) is 1.69. The molecule has 0 aliphatic heterocycles. The van der Waals surface area contributed by atoms with Gasteiger partial charge in [-0.1, -0.05) is 0 Å². The van der Waals surface area contributed by atoms with Gasteiger partial charge in [0.1, 0.15) is 5.75 Å². The molecule has 10 heavy (non-hydrogen) atoms. The number of ether oxygens (including phenoxy) is 1. The van der Waals surface area contributed by atoms with Crippen LogP contribution in [-0.4, -0.2) is 12.3 Å². The molecule has 4 heteroatoms. The summed E-state index contributed by atoms with van der Waals surface area (Å²) < 4.78 is 6.42. The Kier molecular flexibility index (Phi) is 2.11. The highest BCUT2D eigenvalue weighted by molar-refractivity contribution is 9.10. The highest BCUT2D eigenvalue weighted by atomic mass is 79.9. The van der Waals surface area contributed by atoms with Gasteiger partial charge in [0.05, 0.1) is 13.2 Å². The fourth-order valence-corrected chi connectivity index (χ4v) is 0.918. The van der Waals surface area contributed by atoms with E-state index in [0.29, 0.717) is 10.4 Å². The lowest BCUT2D eigenvalue weighted by atomic mass is 10.5. The molecule has 0 unspecified atom stereocenters. The van der Waals surface area contributed by atoms with E-state index < -0.39 is 0 Å². The fourth-order valence-electron chi connectivity index (χ4n) is 0.574. The summed E-state index contributed by atoms with van der Waals surface area (Å²) in [6.07, 6.45) is 1.49. The van der Waals surface area contributed by atoms with E-state index in [1.807, 2.05) is 0 Å². The molecule has 3 nitrogen and oxygen atoms in total. The number of aromatic nitrogens is 1. The van der Waals surface area contributed by atoms with Crippen LogP contribution in [0, 0.1) is 0 Å². The van der Waals surface area contributed by atoms with E-state index in [4.69, 9.17) is 9.94 Å². The molecule has 0 aromatic carbocycles. The minimum absolute atomic E-state index is 0.562. The van der Waals surface area contributed by atoms with E-state index in [1.54, 1.807) is 19.2 Å². The van der Waals surface area contributed by atoms with Crippen molar-refractivity contribution in [1.82, 2.24) is 0 Å². The average Bonchev–Trinajstić information content (AvgIpc) is 1.95. The third-order valence-electron chi connectivity index (χ3n) is 1.10. The summed E-state index contributed by atoms with van der Waals surface area (Å²) in [5.41, 5.74) is 0. The first-order chi connectivity index (χ1) is 4.74. The number of hydrogen-bond donors (Lipinski definition) is 1. The van der Waals surface area contributed by atoms with Crippen LogP contribution < -0.4 is 9.47 Å². The lowest BCUT2D eigenvalue weighted by molar-refractivity contribution is -0.913. The average molecular weight is 205 g/mol. The van der Waals surface area contributed by atoms with E-state index in [9.17, 15) is 0 Å². The molecular weight excluding hydrogens is 198 g/mol. The minimum atomic E-state index is 0.562. The molecule has 0 fully saturated rings. The largest absolute Gasteiger partial charge is 0.496 e. The molecule has 0 spiro atoms. The predicted molar refractivity (Wildman–Crippen MR) is 38.1 cm³/mol. The van der Waals surface area contributed by atoms with Crippen LogP contribution in [0.2, 0.25) is 0 Å². The van der Waals surface area contributed by atoms with Crippen LogP contribution in [-0.2, 0) is 0 Å². The number of nitrogens with zero attached hydrogens (tertiary/aromatic N) is 1. The van der Waals surface area contributed by atoms with Crippen LogP contribution in [0.4, 0.5) is 0 Å². The van der Waals surface area contributed by atoms with Crippen molar-refractivity contribution in [2.24, 2.45) is 0 Å². The lowest BCUT2D eigenvalue weighted by Crippen LogP contribution is -2.30. The van der Waals surface area contributed by atoms with Crippen molar-refractivity contribution in [2.75, 3.05) is 7.11 Å². The molecule has 1 N–H and O–H groups in total. The zero-order valence-corrected chi connectivity index (χ0v) is 7.00. The van der Waals surface area contributed by atoms with Gasteiger partial charge in [-0.25, -0.2) is 0 Å². The molecule has 0 bridgehead atoms. The molecule has 54 valence electrons. The quantitative estimate of drug-likeness (QED) is 0.421. The van der Waals surface area contributed by atoms with Gasteiger partial charge in [0.2, 0.25) is 6.20 Å². The number of pyridine rings is 1. The topological polar surface area (TPSA) is 33.3 Å². The Balaban J connectivity index is 3.04. The van der Waals surface area contributed by atoms with Gasteiger partial charge in [0, 0.05) is 26.7 Å². The molecule has 0 aliphatic rings. The van der Waals surface area contributed by atoms with Crippen LogP contribution in [0.15, 0.2) is 22.9 Å². The Morgan fingerprint density at radius 1 is 1.70 bits per heavy atom. The maximum Gasteiger partial charge on any atom is 0.302 e. The SMILES string of the molecule is COc1cc[n+](O)c(Br)c1. The molecule has 1 rings (SSSR count). The standard InChI is InChI=1S/C6H7BrNO2/c1-10-5-2-3-8(9)6(7)4-5/h2-4,9H,1H3/q+1. The molecule has 0 saturated carbocycles. The number of methoxy groups -OCH3 is 1. The smallest absolute Gasteiger partial charge is 0.302 e. The number of rotatable bonds is 1. The van der Waals surface area contributed by atoms with Crippen LogP contribution >= 0.6 is 15.9 Å². The highest BCUT2D eigenvalue weighted by Crippen LogP contribution is 2.11. The summed E-state index contributed by atoms with van der Waals surface area (Å²) in [6.45, 7) is 0. The number of hydrogen-bond acceptors (Lipinski definition) is 2. The fraction of sp³-hybridized carbons (Fsp3) is 0.167. The van der Waals surface area contributed by atoms with E-state index in [0.717, 1.165) is 4.73 Å². The Hall–Kier alpha value is -0.770. The van der Waals surface area contributed by atoms with Crippen LogP contribution in [0.1, 0.15) is 0 Å². The van der Waals surface area contributed by atoms with Gasteiger partial charge in [0.15, 0.2) is 0 Å². The normalized spacial score (nSPS) is 9.40. The van der Waals surface area contributed by atoms with Gasteiger partial charge in [-0.15, -0.1) is 0 Å². The summed E-state index contributed by atoms with van der Waals surface area (Å²) in [5.74, 6) is 0.706.